The van der Waals surface area contributed by atoms with Gasteiger partial charge in [0, 0.05) is 32.2 Å². The molecule has 1 aromatic rings. The molecule has 0 saturated carbocycles. The molecule has 3 rings (SSSR count). The molecule has 1 atom stereocenters. The maximum atomic E-state index is 12.8. The lowest BCUT2D eigenvalue weighted by Crippen LogP contribution is -2.51. The number of aliphatic hydroxyl groups excluding tert-OH is 1. The first-order valence-electron chi connectivity index (χ1n) is 11.1. The third-order valence-electron chi connectivity index (χ3n) is 6.50. The minimum atomic E-state index is 0.0530. The van der Waals surface area contributed by atoms with Crippen molar-refractivity contribution in [2.75, 3.05) is 52.4 Å². The zero-order valence-electron chi connectivity index (χ0n) is 17.4. The summed E-state index contributed by atoms with van der Waals surface area (Å²) in [5.41, 5.74) is 1.42. The molecule has 2 fully saturated rings. The lowest BCUT2D eigenvalue weighted by Gasteiger charge is -2.42. The molecule has 156 valence electrons. The van der Waals surface area contributed by atoms with E-state index in [1.54, 1.807) is 0 Å². The van der Waals surface area contributed by atoms with Crippen molar-refractivity contribution in [1.82, 2.24) is 14.7 Å². The van der Waals surface area contributed by atoms with Crippen LogP contribution in [0, 0.1) is 5.92 Å². The van der Waals surface area contributed by atoms with Crippen LogP contribution >= 0.6 is 0 Å². The molecule has 2 saturated heterocycles. The zero-order valence-corrected chi connectivity index (χ0v) is 17.4. The fourth-order valence-corrected chi connectivity index (χ4v) is 4.78. The third-order valence-corrected chi connectivity index (χ3v) is 6.50. The largest absolute Gasteiger partial charge is 0.395 e. The van der Waals surface area contributed by atoms with E-state index in [9.17, 15) is 9.90 Å². The lowest BCUT2D eigenvalue weighted by atomic mass is 9.92. The number of likely N-dealkylation sites (tertiary alicyclic amines) is 2. The van der Waals surface area contributed by atoms with Crippen molar-refractivity contribution in [2.45, 2.75) is 45.1 Å². The first-order valence-corrected chi connectivity index (χ1v) is 11.1. The van der Waals surface area contributed by atoms with E-state index in [-0.39, 0.29) is 18.4 Å². The summed E-state index contributed by atoms with van der Waals surface area (Å²) in [7, 11) is 0. The number of likely N-dealkylation sites (N-methyl/N-ethyl adjacent to an activating group) is 1. The Kier molecular flexibility index (Phi) is 8.31. The molecule has 0 aliphatic carbocycles. The summed E-state index contributed by atoms with van der Waals surface area (Å²) in [6.07, 6.45) is 5.66. The average molecular weight is 388 g/mol. The molecular weight excluding hydrogens is 350 g/mol. The van der Waals surface area contributed by atoms with E-state index < -0.39 is 0 Å². The van der Waals surface area contributed by atoms with Gasteiger partial charge in [-0.25, -0.2) is 0 Å². The Hall–Kier alpha value is -1.43. The van der Waals surface area contributed by atoms with Crippen LogP contribution in [0.4, 0.5) is 0 Å². The molecule has 0 radical (unpaired) electrons. The van der Waals surface area contributed by atoms with Crippen molar-refractivity contribution < 1.29 is 9.90 Å². The highest BCUT2D eigenvalue weighted by Crippen LogP contribution is 2.25. The van der Waals surface area contributed by atoms with Gasteiger partial charge in [0.25, 0.3) is 0 Å². The molecule has 5 nitrogen and oxygen atoms in total. The van der Waals surface area contributed by atoms with Crippen LogP contribution in [-0.2, 0) is 11.2 Å². The van der Waals surface area contributed by atoms with Crippen LogP contribution in [0.1, 0.15) is 38.2 Å². The van der Waals surface area contributed by atoms with E-state index in [1.165, 1.54) is 18.4 Å². The molecule has 0 bridgehead atoms. The standard InChI is InChI=1S/C23H37N3O2/c1-2-25(17-18-27)23(28)21-9-6-13-26(19-21)22-11-15-24(16-12-22)14-10-20-7-4-3-5-8-20/h3-5,7-8,21-22,27H,2,6,9-19H2,1H3/t21-/m1/s1. The fraction of sp³-hybridized carbons (Fsp3) is 0.696. The number of amides is 1. The first kappa shape index (κ1) is 21.3. The van der Waals surface area contributed by atoms with Gasteiger partial charge in [-0.05, 0) is 64.2 Å². The van der Waals surface area contributed by atoms with Gasteiger partial charge in [-0.3, -0.25) is 9.69 Å². The maximum absolute atomic E-state index is 12.8. The number of carbonyl (C=O) groups excluding carboxylic acids is 1. The third kappa shape index (κ3) is 5.79. The topological polar surface area (TPSA) is 47.0 Å². The second-order valence-corrected chi connectivity index (χ2v) is 8.28. The minimum absolute atomic E-state index is 0.0530. The average Bonchev–Trinajstić information content (AvgIpc) is 2.77. The number of nitrogens with zero attached hydrogens (tertiary/aromatic N) is 3. The van der Waals surface area contributed by atoms with Crippen molar-refractivity contribution in [3.63, 3.8) is 0 Å². The maximum Gasteiger partial charge on any atom is 0.227 e. The van der Waals surface area contributed by atoms with Crippen LogP contribution in [0.15, 0.2) is 30.3 Å². The van der Waals surface area contributed by atoms with Gasteiger partial charge >= 0.3 is 0 Å². The van der Waals surface area contributed by atoms with Crippen molar-refractivity contribution in [1.29, 1.82) is 0 Å². The van der Waals surface area contributed by atoms with Crippen molar-refractivity contribution in [3.8, 4) is 0 Å². The molecule has 5 heteroatoms. The second-order valence-electron chi connectivity index (χ2n) is 8.28. The Balaban J connectivity index is 1.44. The number of piperidine rings is 2. The Bertz CT molecular complexity index is 587. The monoisotopic (exact) mass is 387 g/mol. The summed E-state index contributed by atoms with van der Waals surface area (Å²) >= 11 is 0. The van der Waals surface area contributed by atoms with Crippen LogP contribution in [0.25, 0.3) is 0 Å². The normalized spacial score (nSPS) is 22.3. The van der Waals surface area contributed by atoms with Gasteiger partial charge in [0.05, 0.1) is 12.5 Å². The number of hydrogen-bond acceptors (Lipinski definition) is 4. The second kappa shape index (κ2) is 10.9. The molecule has 1 amide bonds. The van der Waals surface area contributed by atoms with Crippen molar-refractivity contribution >= 4 is 5.91 Å². The highest BCUT2D eigenvalue weighted by molar-refractivity contribution is 5.79. The summed E-state index contributed by atoms with van der Waals surface area (Å²) in [5.74, 6) is 0.345. The van der Waals surface area contributed by atoms with Gasteiger partial charge < -0.3 is 14.9 Å². The van der Waals surface area contributed by atoms with Gasteiger partial charge in [0.1, 0.15) is 0 Å². The number of hydrogen-bond donors (Lipinski definition) is 1. The number of rotatable bonds is 8. The summed E-state index contributed by atoms with van der Waals surface area (Å²) in [4.78, 5) is 19.8. The molecule has 0 aromatic heterocycles. The zero-order chi connectivity index (χ0) is 19.8. The van der Waals surface area contributed by atoms with Crippen LogP contribution in [0.5, 0.6) is 0 Å². The summed E-state index contributed by atoms with van der Waals surface area (Å²) in [5, 5.41) is 9.20. The molecule has 2 aliphatic heterocycles. The highest BCUT2D eigenvalue weighted by Gasteiger charge is 2.33. The van der Waals surface area contributed by atoms with Gasteiger partial charge in [-0.1, -0.05) is 30.3 Å². The van der Waals surface area contributed by atoms with Crippen molar-refractivity contribution in [2.24, 2.45) is 5.92 Å². The Morgan fingerprint density at radius 3 is 2.57 bits per heavy atom. The molecular formula is C23H37N3O2. The number of aliphatic hydroxyl groups is 1. The predicted molar refractivity (Wildman–Crippen MR) is 113 cm³/mol. The minimum Gasteiger partial charge on any atom is -0.395 e. The van der Waals surface area contributed by atoms with Gasteiger partial charge in [-0.15, -0.1) is 0 Å². The van der Waals surface area contributed by atoms with Crippen LogP contribution in [-0.4, -0.2) is 84.2 Å². The fourth-order valence-electron chi connectivity index (χ4n) is 4.78. The smallest absolute Gasteiger partial charge is 0.227 e. The number of carbonyl (C=O) groups is 1. The van der Waals surface area contributed by atoms with Crippen LogP contribution in [0.2, 0.25) is 0 Å². The molecule has 0 spiro atoms. The molecule has 0 unspecified atom stereocenters. The summed E-state index contributed by atoms with van der Waals surface area (Å²) < 4.78 is 0. The van der Waals surface area contributed by atoms with Crippen LogP contribution in [0.3, 0.4) is 0 Å². The summed E-state index contributed by atoms with van der Waals surface area (Å²) in [6, 6.07) is 11.4. The SMILES string of the molecule is CCN(CCO)C(=O)[C@@H]1CCCN(C2CCN(CCc3ccccc3)CC2)C1. The van der Waals surface area contributed by atoms with E-state index in [0.29, 0.717) is 19.1 Å². The van der Waals surface area contributed by atoms with E-state index in [1.807, 2.05) is 11.8 Å². The summed E-state index contributed by atoms with van der Waals surface area (Å²) in [6.45, 7) is 8.71. The van der Waals surface area contributed by atoms with Crippen LogP contribution < -0.4 is 0 Å². The lowest BCUT2D eigenvalue weighted by molar-refractivity contribution is -0.138. The molecule has 2 heterocycles. The van der Waals surface area contributed by atoms with E-state index in [2.05, 4.69) is 40.1 Å². The molecule has 2 aliphatic rings. The Morgan fingerprint density at radius 1 is 1.14 bits per heavy atom. The quantitative estimate of drug-likeness (QED) is 0.743. The van der Waals surface area contributed by atoms with E-state index in [0.717, 1.165) is 52.0 Å². The Morgan fingerprint density at radius 2 is 1.89 bits per heavy atom. The molecule has 28 heavy (non-hydrogen) atoms. The Labute approximate surface area is 170 Å². The molecule has 1 N–H and O–H groups in total. The van der Waals surface area contributed by atoms with Gasteiger partial charge in [-0.2, -0.15) is 0 Å². The first-order chi connectivity index (χ1) is 13.7. The van der Waals surface area contributed by atoms with E-state index in [4.69, 9.17) is 0 Å². The molecule has 1 aromatic carbocycles. The number of benzene rings is 1. The highest BCUT2D eigenvalue weighted by atomic mass is 16.3. The van der Waals surface area contributed by atoms with Gasteiger partial charge in [0.2, 0.25) is 5.91 Å². The predicted octanol–water partition coefficient (Wildman–Crippen LogP) is 2.25. The van der Waals surface area contributed by atoms with E-state index >= 15 is 0 Å². The van der Waals surface area contributed by atoms with Crippen molar-refractivity contribution in [3.05, 3.63) is 35.9 Å². The van der Waals surface area contributed by atoms with Gasteiger partial charge in [0.15, 0.2) is 0 Å².